The number of nitrogens with zero attached hydrogens (tertiary/aromatic N) is 2. The van der Waals surface area contributed by atoms with Crippen LogP contribution in [0.5, 0.6) is 0 Å². The third kappa shape index (κ3) is 6.36. The van der Waals surface area contributed by atoms with Crippen LogP contribution in [-0.2, 0) is 22.2 Å². The Hall–Kier alpha value is -1.28. The normalized spacial score (nSPS) is 22.0. The van der Waals surface area contributed by atoms with E-state index in [2.05, 4.69) is 31.2 Å². The Morgan fingerprint density at radius 1 is 1.17 bits per heavy atom. The highest BCUT2D eigenvalue weighted by Gasteiger charge is 2.43. The second-order valence-corrected chi connectivity index (χ2v) is 9.76. The smallest absolute Gasteiger partial charge is 0.242 e. The molecule has 3 rings (SSSR count). The molecule has 2 saturated heterocycles. The van der Waals surface area contributed by atoms with Crippen LogP contribution in [0.25, 0.3) is 0 Å². The molecule has 2 heterocycles. The first-order valence-electron chi connectivity index (χ1n) is 11.2. The third-order valence-corrected chi connectivity index (χ3v) is 7.46. The van der Waals surface area contributed by atoms with Crippen LogP contribution in [0.15, 0.2) is 24.3 Å². The molecule has 6 nitrogen and oxygen atoms in total. The Balaban J connectivity index is 0.00000155. The van der Waals surface area contributed by atoms with Crippen molar-refractivity contribution in [3.8, 4) is 0 Å². The van der Waals surface area contributed by atoms with E-state index in [-0.39, 0.29) is 5.91 Å². The first kappa shape index (κ1) is 25.0. The maximum Gasteiger partial charge on any atom is 0.242 e. The van der Waals surface area contributed by atoms with E-state index in [9.17, 15) is 14.1 Å². The summed E-state index contributed by atoms with van der Waals surface area (Å²) in [6.45, 7) is 8.49. The Kier molecular flexibility index (Phi) is 9.47. The number of rotatable bonds is 5. The lowest BCUT2D eigenvalue weighted by atomic mass is 9.83. The standard InChI is InChI=1S/C21H33N3O3S.C2H6/c1-16-3-5-17(6-4-16)15-18-7-11-23(12-8-18)20(25)19(22)21(26)9-13-24(14-10-21)28(2)27;1-2/h3-6,18-19,26H,7-15,22H2,1-2H3;1-2H3. The van der Waals surface area contributed by atoms with E-state index < -0.39 is 22.6 Å². The van der Waals surface area contributed by atoms with Crippen molar-refractivity contribution in [1.29, 1.82) is 0 Å². The molecule has 0 aromatic heterocycles. The van der Waals surface area contributed by atoms with Crippen molar-refractivity contribution in [2.45, 2.75) is 64.5 Å². The van der Waals surface area contributed by atoms with Gasteiger partial charge in [-0.1, -0.05) is 43.7 Å². The molecule has 3 N–H and O–H groups in total. The highest BCUT2D eigenvalue weighted by atomic mass is 32.2. The second kappa shape index (κ2) is 11.4. The minimum Gasteiger partial charge on any atom is -0.388 e. The van der Waals surface area contributed by atoms with Gasteiger partial charge in [0.1, 0.15) is 6.04 Å². The van der Waals surface area contributed by atoms with Gasteiger partial charge in [0.25, 0.3) is 0 Å². The average Bonchev–Trinajstić information content (AvgIpc) is 2.76. The van der Waals surface area contributed by atoms with Crippen molar-refractivity contribution in [3.63, 3.8) is 0 Å². The van der Waals surface area contributed by atoms with Crippen LogP contribution in [0.2, 0.25) is 0 Å². The van der Waals surface area contributed by atoms with Gasteiger partial charge in [0.15, 0.2) is 0 Å². The third-order valence-electron chi connectivity index (χ3n) is 6.37. The van der Waals surface area contributed by atoms with Crippen LogP contribution < -0.4 is 5.73 Å². The van der Waals surface area contributed by atoms with Gasteiger partial charge < -0.3 is 15.7 Å². The lowest BCUT2D eigenvalue weighted by molar-refractivity contribution is -0.142. The molecule has 2 aliphatic heterocycles. The van der Waals surface area contributed by atoms with Crippen LogP contribution in [0, 0.1) is 12.8 Å². The fourth-order valence-electron chi connectivity index (χ4n) is 4.28. The predicted molar refractivity (Wildman–Crippen MR) is 123 cm³/mol. The molecule has 0 spiro atoms. The van der Waals surface area contributed by atoms with Crippen molar-refractivity contribution in [1.82, 2.24) is 9.21 Å². The van der Waals surface area contributed by atoms with Crippen molar-refractivity contribution in [2.75, 3.05) is 32.4 Å². The van der Waals surface area contributed by atoms with Gasteiger partial charge in [0.2, 0.25) is 5.91 Å². The Morgan fingerprint density at radius 3 is 2.20 bits per heavy atom. The van der Waals surface area contributed by atoms with E-state index in [1.165, 1.54) is 11.1 Å². The quantitative estimate of drug-likeness (QED) is 0.740. The second-order valence-electron chi connectivity index (χ2n) is 8.39. The molecule has 2 aliphatic rings. The maximum atomic E-state index is 12.9. The fraction of sp³-hybridized carbons (Fsp3) is 0.696. The van der Waals surface area contributed by atoms with Gasteiger partial charge in [-0.15, -0.1) is 0 Å². The molecule has 0 aliphatic carbocycles. The van der Waals surface area contributed by atoms with Crippen molar-refractivity contribution < 1.29 is 14.1 Å². The molecule has 0 radical (unpaired) electrons. The van der Waals surface area contributed by atoms with Crippen molar-refractivity contribution in [2.24, 2.45) is 11.7 Å². The number of hydrogen-bond donors (Lipinski definition) is 2. The topological polar surface area (TPSA) is 86.9 Å². The van der Waals surface area contributed by atoms with Crippen molar-refractivity contribution in [3.05, 3.63) is 35.4 Å². The zero-order valence-corrected chi connectivity index (χ0v) is 19.8. The Morgan fingerprint density at radius 2 is 1.70 bits per heavy atom. The minimum atomic E-state index is -1.20. The maximum absolute atomic E-state index is 12.9. The molecule has 7 heteroatoms. The van der Waals surface area contributed by atoms with Gasteiger partial charge in [0, 0.05) is 32.4 Å². The highest BCUT2D eigenvalue weighted by molar-refractivity contribution is 7.81. The summed E-state index contributed by atoms with van der Waals surface area (Å²) in [5, 5.41) is 10.9. The number of aryl methyl sites for hydroxylation is 1. The van der Waals surface area contributed by atoms with E-state index in [0.29, 0.717) is 44.9 Å². The monoisotopic (exact) mass is 437 g/mol. The molecule has 170 valence electrons. The number of likely N-dealkylation sites (tertiary alicyclic amines) is 1. The first-order valence-corrected chi connectivity index (χ1v) is 12.7. The molecule has 0 saturated carbocycles. The fourth-order valence-corrected chi connectivity index (χ4v) is 4.98. The van der Waals surface area contributed by atoms with E-state index in [1.54, 1.807) is 6.26 Å². The number of aliphatic hydroxyl groups is 1. The number of amides is 1. The predicted octanol–water partition coefficient (Wildman–Crippen LogP) is 2.25. The van der Waals surface area contributed by atoms with Crippen LogP contribution in [-0.4, -0.2) is 68.5 Å². The number of nitrogens with two attached hydrogens (primary N) is 1. The number of carbonyl (C=O) groups excluding carboxylic acids is 1. The Bertz CT molecular complexity index is 694. The summed E-state index contributed by atoms with van der Waals surface area (Å²) in [5.74, 6) is 0.427. The number of hydrogen-bond acceptors (Lipinski definition) is 4. The van der Waals surface area contributed by atoms with Crippen LogP contribution in [0.1, 0.15) is 50.7 Å². The summed E-state index contributed by atoms with van der Waals surface area (Å²) in [6.07, 6.45) is 5.37. The molecular weight excluding hydrogens is 398 g/mol. The zero-order valence-electron chi connectivity index (χ0n) is 19.0. The van der Waals surface area contributed by atoms with Crippen LogP contribution in [0.3, 0.4) is 0 Å². The molecule has 1 aromatic carbocycles. The van der Waals surface area contributed by atoms with Crippen LogP contribution >= 0.6 is 0 Å². The van der Waals surface area contributed by atoms with E-state index >= 15 is 0 Å². The first-order chi connectivity index (χ1) is 14.3. The minimum absolute atomic E-state index is 0.151. The zero-order chi connectivity index (χ0) is 22.3. The Labute approximate surface area is 184 Å². The van der Waals surface area contributed by atoms with Gasteiger partial charge in [-0.05, 0) is 50.5 Å². The molecular formula is C23H39N3O3S. The number of piperidine rings is 2. The van der Waals surface area contributed by atoms with E-state index in [0.717, 1.165) is 19.3 Å². The molecule has 1 aromatic rings. The summed E-state index contributed by atoms with van der Waals surface area (Å²) >= 11 is 0. The van der Waals surface area contributed by atoms with E-state index in [1.807, 2.05) is 23.1 Å². The summed E-state index contributed by atoms with van der Waals surface area (Å²) in [7, 11) is -1.05. The number of benzene rings is 1. The number of carbonyl (C=O) groups is 1. The largest absolute Gasteiger partial charge is 0.388 e. The molecule has 1 amide bonds. The average molecular weight is 438 g/mol. The summed E-state index contributed by atoms with van der Waals surface area (Å²) in [6, 6.07) is 7.76. The summed E-state index contributed by atoms with van der Waals surface area (Å²) in [5.41, 5.74) is 7.63. The van der Waals surface area contributed by atoms with Gasteiger partial charge >= 0.3 is 0 Å². The molecule has 2 atom stereocenters. The van der Waals surface area contributed by atoms with Crippen molar-refractivity contribution >= 4 is 16.9 Å². The van der Waals surface area contributed by atoms with Gasteiger partial charge in [-0.3, -0.25) is 4.79 Å². The summed E-state index contributed by atoms with van der Waals surface area (Å²) in [4.78, 5) is 14.7. The van der Waals surface area contributed by atoms with E-state index in [4.69, 9.17) is 5.73 Å². The van der Waals surface area contributed by atoms with Gasteiger partial charge in [0.05, 0.1) is 16.6 Å². The lowest BCUT2D eigenvalue weighted by Crippen LogP contribution is -2.61. The lowest BCUT2D eigenvalue weighted by Gasteiger charge is -2.42. The SMILES string of the molecule is CC.Cc1ccc(CC2CCN(C(=O)C(N)C3(O)CCN(S(C)=O)CC3)CC2)cc1. The summed E-state index contributed by atoms with van der Waals surface area (Å²) < 4.78 is 13.4. The highest BCUT2D eigenvalue weighted by Crippen LogP contribution is 2.28. The molecule has 30 heavy (non-hydrogen) atoms. The molecule has 2 unspecified atom stereocenters. The van der Waals surface area contributed by atoms with Gasteiger partial charge in [-0.2, -0.15) is 0 Å². The van der Waals surface area contributed by atoms with Crippen LogP contribution in [0.4, 0.5) is 0 Å². The molecule has 0 bridgehead atoms. The molecule has 2 fully saturated rings. The van der Waals surface area contributed by atoms with Gasteiger partial charge in [-0.25, -0.2) is 8.51 Å².